The van der Waals surface area contributed by atoms with E-state index < -0.39 is 0 Å². The summed E-state index contributed by atoms with van der Waals surface area (Å²) in [5, 5.41) is 8.79. The second kappa shape index (κ2) is 4.49. The van der Waals surface area contributed by atoms with Gasteiger partial charge in [0.05, 0.1) is 11.2 Å². The Morgan fingerprint density at radius 3 is 2.83 bits per heavy atom. The van der Waals surface area contributed by atoms with E-state index >= 15 is 0 Å². The van der Waals surface area contributed by atoms with Crippen LogP contribution >= 0.6 is 15.9 Å². The predicted octanol–water partition coefficient (Wildman–Crippen LogP) is 3.45. The van der Waals surface area contributed by atoms with Gasteiger partial charge in [0, 0.05) is 5.33 Å². The lowest BCUT2D eigenvalue weighted by Crippen LogP contribution is -2.01. The van der Waals surface area contributed by atoms with Gasteiger partial charge in [0.25, 0.3) is 0 Å². The molecule has 90 valence electrons. The van der Waals surface area contributed by atoms with Gasteiger partial charge in [-0.05, 0) is 35.9 Å². The van der Waals surface area contributed by atoms with E-state index in [1.54, 1.807) is 10.7 Å². The van der Waals surface area contributed by atoms with E-state index in [4.69, 9.17) is 0 Å². The molecule has 0 amide bonds. The maximum absolute atomic E-state index is 13.2. The normalized spacial score (nSPS) is 11.0. The van der Waals surface area contributed by atoms with Gasteiger partial charge >= 0.3 is 0 Å². The molecule has 18 heavy (non-hydrogen) atoms. The number of benzene rings is 2. The van der Waals surface area contributed by atoms with Crippen LogP contribution in [0.5, 0.6) is 0 Å². The number of para-hydroxylation sites is 1. The van der Waals surface area contributed by atoms with Gasteiger partial charge in [-0.1, -0.05) is 33.3 Å². The Hall–Kier alpha value is -1.75. The zero-order valence-electron chi connectivity index (χ0n) is 9.35. The minimum absolute atomic E-state index is 0.252. The van der Waals surface area contributed by atoms with Gasteiger partial charge in [-0.2, -0.15) is 0 Å². The van der Waals surface area contributed by atoms with Crippen LogP contribution < -0.4 is 0 Å². The van der Waals surface area contributed by atoms with Crippen molar-refractivity contribution in [3.63, 3.8) is 0 Å². The van der Waals surface area contributed by atoms with E-state index in [0.717, 1.165) is 22.3 Å². The molecule has 0 radical (unpaired) electrons. The number of alkyl halides is 1. The smallest absolute Gasteiger partial charge is 0.123 e. The third-order valence-electron chi connectivity index (χ3n) is 2.77. The van der Waals surface area contributed by atoms with Gasteiger partial charge in [0.1, 0.15) is 11.3 Å². The average molecular weight is 306 g/mol. The first-order valence-electron chi connectivity index (χ1n) is 5.45. The van der Waals surface area contributed by atoms with Crippen molar-refractivity contribution in [2.24, 2.45) is 0 Å². The highest BCUT2D eigenvalue weighted by Crippen LogP contribution is 2.22. The molecule has 0 spiro atoms. The maximum Gasteiger partial charge on any atom is 0.123 e. The number of fused-ring (bicyclic) bond motifs is 1. The van der Waals surface area contributed by atoms with E-state index in [1.165, 1.54) is 12.1 Å². The molecule has 3 rings (SSSR count). The zero-order chi connectivity index (χ0) is 12.5. The lowest BCUT2D eigenvalue weighted by molar-refractivity contribution is 0.625. The summed E-state index contributed by atoms with van der Waals surface area (Å²) in [5.74, 6) is -0.252. The third kappa shape index (κ3) is 1.80. The maximum atomic E-state index is 13.2. The largest absolute Gasteiger partial charge is 0.213 e. The molecular formula is C13H9BrFN3. The van der Waals surface area contributed by atoms with Crippen molar-refractivity contribution in [2.45, 2.75) is 5.33 Å². The molecule has 0 aliphatic carbocycles. The first-order chi connectivity index (χ1) is 8.79. The molecule has 0 unspecified atom stereocenters. The minimum Gasteiger partial charge on any atom is -0.213 e. The van der Waals surface area contributed by atoms with Crippen LogP contribution in [0.1, 0.15) is 5.56 Å². The average Bonchev–Trinajstić information content (AvgIpc) is 2.82. The van der Waals surface area contributed by atoms with Crippen LogP contribution in [0.15, 0.2) is 42.5 Å². The Balaban J connectivity index is 2.26. The molecule has 1 aromatic heterocycles. The highest BCUT2D eigenvalue weighted by molar-refractivity contribution is 9.08. The minimum atomic E-state index is -0.252. The molecule has 5 heteroatoms. The van der Waals surface area contributed by atoms with E-state index in [9.17, 15) is 4.39 Å². The predicted molar refractivity (Wildman–Crippen MR) is 71.5 cm³/mol. The second-order valence-corrected chi connectivity index (χ2v) is 4.46. The third-order valence-corrected chi connectivity index (χ3v) is 3.37. The molecule has 0 saturated heterocycles. The van der Waals surface area contributed by atoms with Crippen molar-refractivity contribution in [1.82, 2.24) is 15.0 Å². The highest BCUT2D eigenvalue weighted by Gasteiger charge is 2.10. The molecule has 0 saturated carbocycles. The van der Waals surface area contributed by atoms with Crippen molar-refractivity contribution in [2.75, 3.05) is 0 Å². The highest BCUT2D eigenvalue weighted by atomic mass is 79.9. The van der Waals surface area contributed by atoms with Crippen LogP contribution in [0, 0.1) is 5.82 Å². The fourth-order valence-corrected chi connectivity index (χ4v) is 2.36. The standard InChI is InChI=1S/C13H9BrFN3/c14-8-9-7-10(15)5-6-12(9)18-13-4-2-1-3-11(13)16-17-18/h1-7H,8H2. The van der Waals surface area contributed by atoms with Crippen molar-refractivity contribution >= 4 is 27.0 Å². The molecule has 0 fully saturated rings. The lowest BCUT2D eigenvalue weighted by Gasteiger charge is -2.07. The Morgan fingerprint density at radius 2 is 2.00 bits per heavy atom. The first kappa shape index (κ1) is 11.3. The fourth-order valence-electron chi connectivity index (χ4n) is 1.91. The summed E-state index contributed by atoms with van der Waals surface area (Å²) >= 11 is 3.36. The zero-order valence-corrected chi connectivity index (χ0v) is 10.9. The van der Waals surface area contributed by atoms with E-state index in [-0.39, 0.29) is 5.82 Å². The van der Waals surface area contributed by atoms with Gasteiger partial charge in [0.15, 0.2) is 0 Å². The van der Waals surface area contributed by atoms with Gasteiger partial charge in [-0.15, -0.1) is 5.10 Å². The number of hydrogen-bond acceptors (Lipinski definition) is 2. The summed E-state index contributed by atoms with van der Waals surface area (Å²) < 4.78 is 15.0. The molecule has 1 heterocycles. The SMILES string of the molecule is Fc1ccc(-n2nnc3ccccc32)c(CBr)c1. The molecule has 3 aromatic rings. The Bertz CT molecular complexity index is 708. The molecule has 2 aromatic carbocycles. The van der Waals surface area contributed by atoms with Crippen LogP contribution in [0.3, 0.4) is 0 Å². The summed E-state index contributed by atoms with van der Waals surface area (Å²) in [6.45, 7) is 0. The quantitative estimate of drug-likeness (QED) is 0.679. The van der Waals surface area contributed by atoms with Crippen LogP contribution in [-0.4, -0.2) is 15.0 Å². The Kier molecular flexibility index (Phi) is 2.83. The summed E-state index contributed by atoms with van der Waals surface area (Å²) in [6, 6.07) is 12.3. The first-order valence-corrected chi connectivity index (χ1v) is 6.57. The molecule has 3 nitrogen and oxygen atoms in total. The molecule has 0 aliphatic heterocycles. The number of hydrogen-bond donors (Lipinski definition) is 0. The molecular weight excluding hydrogens is 297 g/mol. The molecule has 0 aliphatic rings. The van der Waals surface area contributed by atoms with Crippen LogP contribution in [0.25, 0.3) is 16.7 Å². The molecule has 0 N–H and O–H groups in total. The van der Waals surface area contributed by atoms with Gasteiger partial charge < -0.3 is 0 Å². The topological polar surface area (TPSA) is 30.7 Å². The monoisotopic (exact) mass is 305 g/mol. The number of halogens is 2. The summed E-state index contributed by atoms with van der Waals surface area (Å²) in [6.07, 6.45) is 0. The van der Waals surface area contributed by atoms with E-state index in [1.807, 2.05) is 24.3 Å². The molecule has 0 atom stereocenters. The summed E-state index contributed by atoms with van der Waals surface area (Å²) in [5.41, 5.74) is 3.40. The number of aromatic nitrogens is 3. The van der Waals surface area contributed by atoms with Crippen molar-refractivity contribution in [3.8, 4) is 5.69 Å². The second-order valence-electron chi connectivity index (χ2n) is 3.90. The molecule has 0 bridgehead atoms. The van der Waals surface area contributed by atoms with Gasteiger partial charge in [-0.3, -0.25) is 0 Å². The van der Waals surface area contributed by atoms with Crippen LogP contribution in [0.4, 0.5) is 4.39 Å². The van der Waals surface area contributed by atoms with Gasteiger partial charge in [0.2, 0.25) is 0 Å². The Labute approximate surface area is 111 Å². The Morgan fingerprint density at radius 1 is 1.17 bits per heavy atom. The number of nitrogens with zero attached hydrogens (tertiary/aromatic N) is 3. The van der Waals surface area contributed by atoms with Gasteiger partial charge in [-0.25, -0.2) is 9.07 Å². The summed E-state index contributed by atoms with van der Waals surface area (Å²) in [4.78, 5) is 0. The summed E-state index contributed by atoms with van der Waals surface area (Å²) in [7, 11) is 0. The fraction of sp³-hybridized carbons (Fsp3) is 0.0769. The van der Waals surface area contributed by atoms with E-state index in [2.05, 4.69) is 26.2 Å². The lowest BCUT2D eigenvalue weighted by atomic mass is 10.2. The van der Waals surface area contributed by atoms with Crippen LogP contribution in [-0.2, 0) is 5.33 Å². The van der Waals surface area contributed by atoms with E-state index in [0.29, 0.717) is 5.33 Å². The van der Waals surface area contributed by atoms with Crippen molar-refractivity contribution in [3.05, 3.63) is 53.8 Å². The van der Waals surface area contributed by atoms with Crippen molar-refractivity contribution < 1.29 is 4.39 Å². The number of rotatable bonds is 2. The van der Waals surface area contributed by atoms with Crippen LogP contribution in [0.2, 0.25) is 0 Å². The van der Waals surface area contributed by atoms with Crippen molar-refractivity contribution in [1.29, 1.82) is 0 Å².